The summed E-state index contributed by atoms with van der Waals surface area (Å²) in [6.45, 7) is 1.75. The minimum absolute atomic E-state index is 0.212. The van der Waals surface area contributed by atoms with E-state index in [2.05, 4.69) is 5.10 Å². The molecular weight excluding hydrogens is 332 g/mol. The summed E-state index contributed by atoms with van der Waals surface area (Å²) in [7, 11) is 1.82. The van der Waals surface area contributed by atoms with Crippen LogP contribution in [0.25, 0.3) is 10.9 Å². The first kappa shape index (κ1) is 17.0. The molecule has 26 heavy (non-hydrogen) atoms. The standard InChI is InChI=1S/C19H24N4O3/c1-22-14-6-3-2-5-13(14)15(21-22)18(25)23-10-4-7-19(16(23)17(20)24)8-11-26-12-9-19/h2-3,5-6,16H,4,7-12H2,1H3,(H2,20,24). The lowest BCUT2D eigenvalue weighted by Crippen LogP contribution is -2.61. The lowest BCUT2D eigenvalue weighted by Gasteiger charge is -2.50. The summed E-state index contributed by atoms with van der Waals surface area (Å²) in [4.78, 5) is 27.4. The first-order valence-electron chi connectivity index (χ1n) is 9.13. The van der Waals surface area contributed by atoms with E-state index in [0.717, 1.165) is 36.6 Å². The molecule has 2 aromatic rings. The van der Waals surface area contributed by atoms with Gasteiger partial charge in [-0.25, -0.2) is 0 Å². The van der Waals surface area contributed by atoms with E-state index >= 15 is 0 Å². The van der Waals surface area contributed by atoms with Crippen LogP contribution < -0.4 is 5.73 Å². The van der Waals surface area contributed by atoms with Gasteiger partial charge in [-0.3, -0.25) is 14.3 Å². The van der Waals surface area contributed by atoms with Crippen molar-refractivity contribution in [3.8, 4) is 0 Å². The molecule has 7 heteroatoms. The fourth-order valence-corrected chi connectivity index (χ4v) is 4.68. The zero-order valence-electron chi connectivity index (χ0n) is 15.0. The second-order valence-electron chi connectivity index (χ2n) is 7.37. The van der Waals surface area contributed by atoms with Crippen molar-refractivity contribution in [2.75, 3.05) is 19.8 Å². The van der Waals surface area contributed by atoms with E-state index < -0.39 is 11.9 Å². The number of ether oxygens (including phenoxy) is 1. The topological polar surface area (TPSA) is 90.4 Å². The molecule has 1 aromatic carbocycles. The van der Waals surface area contributed by atoms with Gasteiger partial charge in [0.1, 0.15) is 6.04 Å². The van der Waals surface area contributed by atoms with Crippen molar-refractivity contribution < 1.29 is 14.3 Å². The SMILES string of the molecule is Cn1nc(C(=O)N2CCCC3(CCOCC3)C2C(N)=O)c2ccccc21. The number of likely N-dealkylation sites (tertiary alicyclic amines) is 1. The van der Waals surface area contributed by atoms with Gasteiger partial charge in [-0.1, -0.05) is 18.2 Å². The van der Waals surface area contributed by atoms with Crippen molar-refractivity contribution in [1.82, 2.24) is 14.7 Å². The largest absolute Gasteiger partial charge is 0.381 e. The molecule has 1 unspecified atom stereocenters. The smallest absolute Gasteiger partial charge is 0.275 e. The van der Waals surface area contributed by atoms with Crippen LogP contribution in [0.15, 0.2) is 24.3 Å². The van der Waals surface area contributed by atoms with Gasteiger partial charge in [-0.2, -0.15) is 5.10 Å². The minimum atomic E-state index is -0.603. The van der Waals surface area contributed by atoms with E-state index in [1.54, 1.807) is 9.58 Å². The number of piperidine rings is 1. The minimum Gasteiger partial charge on any atom is -0.381 e. The highest BCUT2D eigenvalue weighted by molar-refractivity contribution is 6.06. The van der Waals surface area contributed by atoms with E-state index in [-0.39, 0.29) is 11.3 Å². The number of primary amides is 1. The predicted molar refractivity (Wildman–Crippen MR) is 96.5 cm³/mol. The van der Waals surface area contributed by atoms with Gasteiger partial charge in [-0.15, -0.1) is 0 Å². The van der Waals surface area contributed by atoms with Crippen molar-refractivity contribution in [2.24, 2.45) is 18.2 Å². The first-order chi connectivity index (χ1) is 12.5. The summed E-state index contributed by atoms with van der Waals surface area (Å²) < 4.78 is 7.20. The molecular formula is C19H24N4O3. The number of aryl methyl sites for hydroxylation is 1. The molecule has 2 fully saturated rings. The number of benzene rings is 1. The molecule has 2 saturated heterocycles. The third kappa shape index (κ3) is 2.58. The number of carbonyl (C=O) groups excluding carboxylic acids is 2. The maximum absolute atomic E-state index is 13.4. The fourth-order valence-electron chi connectivity index (χ4n) is 4.68. The van der Waals surface area contributed by atoms with E-state index in [1.165, 1.54) is 0 Å². The summed E-state index contributed by atoms with van der Waals surface area (Å²) in [6, 6.07) is 7.03. The van der Waals surface area contributed by atoms with Gasteiger partial charge >= 0.3 is 0 Å². The molecule has 3 heterocycles. The summed E-state index contributed by atoms with van der Waals surface area (Å²) in [5.41, 5.74) is 6.80. The molecule has 0 aliphatic carbocycles. The Balaban J connectivity index is 1.74. The zero-order valence-corrected chi connectivity index (χ0v) is 15.0. The van der Waals surface area contributed by atoms with Crippen molar-refractivity contribution >= 4 is 22.7 Å². The number of amides is 2. The molecule has 2 aliphatic rings. The Morgan fingerprint density at radius 1 is 1.23 bits per heavy atom. The molecule has 7 nitrogen and oxygen atoms in total. The second-order valence-corrected chi connectivity index (χ2v) is 7.37. The van der Waals surface area contributed by atoms with Crippen molar-refractivity contribution in [2.45, 2.75) is 31.7 Å². The Bertz CT molecular complexity index is 848. The molecule has 2 aliphatic heterocycles. The van der Waals surface area contributed by atoms with Crippen LogP contribution in [0.4, 0.5) is 0 Å². The van der Waals surface area contributed by atoms with Crippen LogP contribution in [0, 0.1) is 5.41 Å². The van der Waals surface area contributed by atoms with Crippen molar-refractivity contribution in [3.05, 3.63) is 30.0 Å². The van der Waals surface area contributed by atoms with Gasteiger partial charge in [0.25, 0.3) is 5.91 Å². The number of nitrogens with two attached hydrogens (primary N) is 1. The molecule has 0 bridgehead atoms. The molecule has 1 spiro atoms. The van der Waals surface area contributed by atoms with Crippen molar-refractivity contribution in [1.29, 1.82) is 0 Å². The third-order valence-corrected chi connectivity index (χ3v) is 5.94. The molecule has 1 aromatic heterocycles. The lowest BCUT2D eigenvalue weighted by atomic mass is 9.67. The van der Waals surface area contributed by atoms with Gasteiger partial charge in [0.2, 0.25) is 5.91 Å². The van der Waals surface area contributed by atoms with E-state index in [9.17, 15) is 9.59 Å². The number of carbonyl (C=O) groups is 2. The molecule has 2 amide bonds. The Morgan fingerprint density at radius 3 is 2.69 bits per heavy atom. The van der Waals surface area contributed by atoms with Crippen molar-refractivity contribution in [3.63, 3.8) is 0 Å². The normalized spacial score (nSPS) is 22.7. The number of para-hydroxylation sites is 1. The molecule has 138 valence electrons. The molecule has 4 rings (SSSR count). The summed E-state index contributed by atoms with van der Waals surface area (Å²) in [6.07, 6.45) is 3.28. The predicted octanol–water partition coefficient (Wildman–Crippen LogP) is 1.46. The Labute approximate surface area is 152 Å². The number of hydrogen-bond acceptors (Lipinski definition) is 4. The first-order valence-corrected chi connectivity index (χ1v) is 9.13. The fraction of sp³-hybridized carbons (Fsp3) is 0.526. The number of fused-ring (bicyclic) bond motifs is 1. The lowest BCUT2D eigenvalue weighted by molar-refractivity contribution is -0.134. The van der Waals surface area contributed by atoms with Crippen LogP contribution >= 0.6 is 0 Å². The van der Waals surface area contributed by atoms with Gasteiger partial charge in [0.15, 0.2) is 5.69 Å². The molecule has 1 atom stereocenters. The highest BCUT2D eigenvalue weighted by atomic mass is 16.5. The Hall–Kier alpha value is -2.41. The Morgan fingerprint density at radius 2 is 1.96 bits per heavy atom. The van der Waals surface area contributed by atoms with E-state index in [0.29, 0.717) is 25.5 Å². The highest BCUT2D eigenvalue weighted by Crippen LogP contribution is 2.44. The van der Waals surface area contributed by atoms with Gasteiger partial charge in [0.05, 0.1) is 5.52 Å². The zero-order chi connectivity index (χ0) is 18.3. The Kier molecular flexibility index (Phi) is 4.19. The summed E-state index contributed by atoms with van der Waals surface area (Å²) in [5.74, 6) is -0.642. The van der Waals surface area contributed by atoms with Gasteiger partial charge in [0, 0.05) is 37.6 Å². The molecule has 0 saturated carbocycles. The number of nitrogens with zero attached hydrogens (tertiary/aromatic N) is 3. The summed E-state index contributed by atoms with van der Waals surface area (Å²) >= 11 is 0. The average molecular weight is 356 g/mol. The van der Waals surface area contributed by atoms with Crippen LogP contribution in [0.5, 0.6) is 0 Å². The van der Waals surface area contributed by atoms with Crippen LogP contribution in [0.1, 0.15) is 36.2 Å². The maximum Gasteiger partial charge on any atom is 0.275 e. The number of hydrogen-bond donors (Lipinski definition) is 1. The maximum atomic E-state index is 13.4. The van der Waals surface area contributed by atoms with Gasteiger partial charge < -0.3 is 15.4 Å². The monoisotopic (exact) mass is 356 g/mol. The van der Waals surface area contributed by atoms with Gasteiger partial charge in [-0.05, 0) is 31.7 Å². The molecule has 0 radical (unpaired) electrons. The van der Waals surface area contributed by atoms with Crippen LogP contribution in [-0.4, -0.2) is 52.3 Å². The summed E-state index contributed by atoms with van der Waals surface area (Å²) in [5, 5.41) is 5.24. The molecule has 2 N–H and O–H groups in total. The van der Waals surface area contributed by atoms with Crippen LogP contribution in [0.3, 0.4) is 0 Å². The highest BCUT2D eigenvalue weighted by Gasteiger charge is 2.50. The number of rotatable bonds is 2. The van der Waals surface area contributed by atoms with E-state index in [4.69, 9.17) is 10.5 Å². The average Bonchev–Trinajstić information content (AvgIpc) is 2.98. The van der Waals surface area contributed by atoms with Crippen LogP contribution in [0.2, 0.25) is 0 Å². The number of aromatic nitrogens is 2. The quantitative estimate of drug-likeness (QED) is 0.882. The second kappa shape index (κ2) is 6.39. The van der Waals surface area contributed by atoms with E-state index in [1.807, 2.05) is 31.3 Å². The third-order valence-electron chi connectivity index (χ3n) is 5.94. The van der Waals surface area contributed by atoms with Crippen LogP contribution in [-0.2, 0) is 16.6 Å².